The van der Waals surface area contributed by atoms with E-state index in [1.807, 2.05) is 30.3 Å². The first kappa shape index (κ1) is 23.1. The molecular weight excluding hydrogens is 433 g/mol. The van der Waals surface area contributed by atoms with E-state index < -0.39 is 0 Å². The summed E-state index contributed by atoms with van der Waals surface area (Å²) in [5.74, 6) is 2.19. The summed E-state index contributed by atoms with van der Waals surface area (Å²) >= 11 is 0. The van der Waals surface area contributed by atoms with Crippen molar-refractivity contribution < 1.29 is 0 Å². The molecule has 8 heteroatoms. The second-order valence-corrected chi connectivity index (χ2v) is 8.02. The van der Waals surface area contributed by atoms with Crippen LogP contribution in [0.1, 0.15) is 25.7 Å². The fourth-order valence-corrected chi connectivity index (χ4v) is 4.32. The van der Waals surface area contributed by atoms with Gasteiger partial charge in [-0.25, -0.2) is 9.98 Å². The fourth-order valence-electron chi connectivity index (χ4n) is 4.32. The van der Waals surface area contributed by atoms with Gasteiger partial charge in [0.05, 0.1) is 16.9 Å². The quantitative estimate of drug-likeness (QED) is 0.546. The lowest BCUT2D eigenvalue weighted by Gasteiger charge is -2.12. The van der Waals surface area contributed by atoms with Crippen LogP contribution in [0.25, 0.3) is 21.7 Å². The summed E-state index contributed by atoms with van der Waals surface area (Å²) in [6.07, 6.45) is 4.27. The molecule has 0 radical (unpaired) electrons. The number of hydrogen-bond donors (Lipinski definition) is 1. The number of rotatable bonds is 2. The van der Waals surface area contributed by atoms with E-state index in [9.17, 15) is 4.79 Å². The lowest BCUT2D eigenvalue weighted by molar-refractivity contribution is 0.550. The summed E-state index contributed by atoms with van der Waals surface area (Å²) in [5.41, 5.74) is 2.44. The van der Waals surface area contributed by atoms with Crippen LogP contribution in [-0.2, 0) is 0 Å². The Labute approximate surface area is 193 Å². The minimum atomic E-state index is -0.0860. The molecular formula is C23H27Cl2N5O. The second-order valence-electron chi connectivity index (χ2n) is 8.02. The molecule has 0 bridgehead atoms. The van der Waals surface area contributed by atoms with Gasteiger partial charge in [-0.15, -0.1) is 24.8 Å². The highest BCUT2D eigenvalue weighted by atomic mass is 35.5. The Bertz CT molecular complexity index is 1230. The number of aliphatic imine (C=N–C) groups is 2. The van der Waals surface area contributed by atoms with Crippen molar-refractivity contribution in [3.05, 3.63) is 46.8 Å². The molecule has 1 N–H and O–H groups in total. The van der Waals surface area contributed by atoms with Crippen molar-refractivity contribution in [1.82, 2.24) is 14.8 Å². The lowest BCUT2D eigenvalue weighted by Crippen LogP contribution is -2.18. The normalized spacial score (nSPS) is 18.8. The summed E-state index contributed by atoms with van der Waals surface area (Å²) < 4.78 is 0. The van der Waals surface area contributed by atoms with Crippen LogP contribution in [0.3, 0.4) is 0 Å². The Morgan fingerprint density at radius 2 is 1.32 bits per heavy atom. The van der Waals surface area contributed by atoms with Gasteiger partial charge in [0, 0.05) is 50.8 Å². The van der Waals surface area contributed by atoms with Gasteiger partial charge in [0.1, 0.15) is 11.7 Å². The molecule has 164 valence electrons. The van der Waals surface area contributed by atoms with Crippen LogP contribution >= 0.6 is 24.8 Å². The number of halogens is 2. The zero-order valence-corrected chi connectivity index (χ0v) is 19.4. The third-order valence-electron chi connectivity index (χ3n) is 5.97. The largest absolute Gasteiger partial charge is 0.363 e. The number of benzene rings is 2. The van der Waals surface area contributed by atoms with Crippen molar-refractivity contribution in [3.63, 3.8) is 0 Å². The van der Waals surface area contributed by atoms with Gasteiger partial charge in [0.25, 0.3) is 5.56 Å². The maximum atomic E-state index is 12.8. The molecule has 31 heavy (non-hydrogen) atoms. The molecule has 0 aliphatic carbocycles. The molecule has 0 amide bonds. The molecule has 3 heterocycles. The van der Waals surface area contributed by atoms with Crippen LogP contribution in [0, 0.1) is 0 Å². The Morgan fingerprint density at radius 1 is 0.774 bits per heavy atom. The number of fused-ring (bicyclic) bond motifs is 3. The van der Waals surface area contributed by atoms with E-state index in [0.29, 0.717) is 5.39 Å². The van der Waals surface area contributed by atoms with Crippen LogP contribution in [-0.4, -0.2) is 53.6 Å². The third-order valence-corrected chi connectivity index (χ3v) is 5.97. The lowest BCUT2D eigenvalue weighted by atomic mass is 10.1. The first-order chi connectivity index (χ1) is 14.1. The van der Waals surface area contributed by atoms with Gasteiger partial charge < -0.3 is 14.8 Å². The number of H-pyrrole nitrogens is 1. The molecule has 3 aromatic rings. The highest BCUT2D eigenvalue weighted by Crippen LogP contribution is 2.29. The first-order valence-electron chi connectivity index (χ1n) is 10.3. The summed E-state index contributed by atoms with van der Waals surface area (Å²) in [6.45, 7) is 2.09. The molecule has 5 rings (SSSR count). The highest BCUT2D eigenvalue weighted by molar-refractivity contribution is 6.07. The van der Waals surface area contributed by atoms with Crippen molar-refractivity contribution in [2.45, 2.75) is 25.7 Å². The average Bonchev–Trinajstić information content (AvgIpc) is 3.30. The number of aromatic amines is 1. The van der Waals surface area contributed by atoms with Crippen LogP contribution in [0.2, 0.25) is 0 Å². The van der Waals surface area contributed by atoms with E-state index >= 15 is 0 Å². The molecule has 2 aliphatic rings. The molecule has 2 aromatic carbocycles. The summed E-state index contributed by atoms with van der Waals surface area (Å²) in [7, 11) is 4.14. The molecule has 2 fully saturated rings. The molecule has 6 nitrogen and oxygen atoms in total. The van der Waals surface area contributed by atoms with Crippen molar-refractivity contribution in [2.24, 2.45) is 9.98 Å². The number of nitrogens with one attached hydrogen (secondary N) is 1. The summed E-state index contributed by atoms with van der Waals surface area (Å²) in [5, 5.41) is 2.65. The maximum absolute atomic E-state index is 12.8. The van der Waals surface area contributed by atoms with E-state index in [-0.39, 0.29) is 30.4 Å². The SMILES string of the molecule is CN1CCCC1=Nc1ccc2c(c1)[nH]c(=O)c1cc(N=C3CCCN3C)ccc12.Cl.Cl. The molecule has 2 aliphatic heterocycles. The molecule has 1 aromatic heterocycles. The van der Waals surface area contributed by atoms with Gasteiger partial charge in [0.2, 0.25) is 0 Å². The van der Waals surface area contributed by atoms with Crippen LogP contribution in [0.15, 0.2) is 51.2 Å². The number of amidine groups is 2. The number of likely N-dealkylation sites (tertiary alicyclic amines) is 2. The summed E-state index contributed by atoms with van der Waals surface area (Å²) in [6, 6.07) is 12.0. The molecule has 0 saturated carbocycles. The zero-order chi connectivity index (χ0) is 20.0. The summed E-state index contributed by atoms with van der Waals surface area (Å²) in [4.78, 5) is 29.7. The Balaban J connectivity index is 0.00000136. The second kappa shape index (κ2) is 9.28. The predicted molar refractivity (Wildman–Crippen MR) is 134 cm³/mol. The van der Waals surface area contributed by atoms with Crippen LogP contribution in [0.5, 0.6) is 0 Å². The van der Waals surface area contributed by atoms with Crippen molar-refractivity contribution in [2.75, 3.05) is 27.2 Å². The van der Waals surface area contributed by atoms with Crippen molar-refractivity contribution in [3.8, 4) is 0 Å². The minimum Gasteiger partial charge on any atom is -0.363 e. The minimum absolute atomic E-state index is 0. The molecule has 0 atom stereocenters. The number of hydrogen-bond acceptors (Lipinski definition) is 3. The Morgan fingerprint density at radius 3 is 1.87 bits per heavy atom. The van der Waals surface area contributed by atoms with Gasteiger partial charge in [-0.1, -0.05) is 12.1 Å². The van der Waals surface area contributed by atoms with E-state index in [1.165, 1.54) is 0 Å². The maximum Gasteiger partial charge on any atom is 0.256 e. The van der Waals surface area contributed by atoms with Gasteiger partial charge >= 0.3 is 0 Å². The first-order valence-corrected chi connectivity index (χ1v) is 10.3. The molecule has 2 saturated heterocycles. The molecule has 0 spiro atoms. The van der Waals surface area contributed by atoms with E-state index in [0.717, 1.165) is 78.1 Å². The standard InChI is InChI=1S/C23H25N5O.2ClH/c1-27-11-3-5-21(27)24-15-7-9-17-18-10-8-16(25-22-6-4-12-28(22)2)14-20(18)26-23(29)19(17)13-15;;/h7-10,13-14H,3-6,11-12H2,1-2H3,(H,26,29);2*1H. The Kier molecular flexibility index (Phi) is 6.92. The van der Waals surface area contributed by atoms with Gasteiger partial charge in [0.15, 0.2) is 0 Å². The zero-order valence-electron chi connectivity index (χ0n) is 17.7. The topological polar surface area (TPSA) is 64.1 Å². The Hall–Kier alpha value is -2.57. The van der Waals surface area contributed by atoms with E-state index in [4.69, 9.17) is 9.98 Å². The number of nitrogens with zero attached hydrogens (tertiary/aromatic N) is 4. The van der Waals surface area contributed by atoms with Gasteiger partial charge in [-0.2, -0.15) is 0 Å². The van der Waals surface area contributed by atoms with E-state index in [1.54, 1.807) is 0 Å². The van der Waals surface area contributed by atoms with Gasteiger partial charge in [-0.3, -0.25) is 4.79 Å². The van der Waals surface area contributed by atoms with Crippen molar-refractivity contribution in [1.29, 1.82) is 0 Å². The highest BCUT2D eigenvalue weighted by Gasteiger charge is 2.15. The third kappa shape index (κ3) is 4.41. The van der Waals surface area contributed by atoms with Gasteiger partial charge in [-0.05, 0) is 42.5 Å². The number of pyridine rings is 1. The monoisotopic (exact) mass is 459 g/mol. The van der Waals surface area contributed by atoms with Crippen molar-refractivity contribution >= 4 is 69.5 Å². The van der Waals surface area contributed by atoms with Crippen LogP contribution in [0.4, 0.5) is 11.4 Å². The average molecular weight is 460 g/mol. The predicted octanol–water partition coefficient (Wildman–Crippen LogP) is 5.04. The van der Waals surface area contributed by atoms with E-state index in [2.05, 4.69) is 34.9 Å². The molecule has 0 unspecified atom stereocenters. The number of aromatic nitrogens is 1. The fraction of sp³-hybridized carbons (Fsp3) is 0.348. The smallest absolute Gasteiger partial charge is 0.256 e. The van der Waals surface area contributed by atoms with Crippen LogP contribution < -0.4 is 5.56 Å².